The summed E-state index contributed by atoms with van der Waals surface area (Å²) in [5.41, 5.74) is 3.92. The van der Waals surface area contributed by atoms with E-state index in [1.165, 1.54) is 0 Å². The van der Waals surface area contributed by atoms with Crippen molar-refractivity contribution in [3.05, 3.63) is 40.3 Å². The second kappa shape index (κ2) is 4.80. The van der Waals surface area contributed by atoms with Crippen LogP contribution in [-0.2, 0) is 6.42 Å². The Hall–Kier alpha value is -1.48. The first-order valence-electron chi connectivity index (χ1n) is 5.57. The number of aryl methyl sites for hydroxylation is 3. The third-order valence-electron chi connectivity index (χ3n) is 2.54. The minimum Gasteiger partial charge on any atom is -0.252 e. The number of aromatic nitrogens is 3. The largest absolute Gasteiger partial charge is 0.252 e. The Bertz CT molecular complexity index is 552. The number of hydrogen-bond acceptors (Lipinski definition) is 3. The Labute approximate surface area is 106 Å². The summed E-state index contributed by atoms with van der Waals surface area (Å²) in [7, 11) is 0. The fraction of sp³-hybridized carbons (Fsp3) is 0.308. The summed E-state index contributed by atoms with van der Waals surface area (Å²) in [4.78, 5) is 13.1. The first-order valence-corrected chi connectivity index (χ1v) is 5.95. The molecule has 2 heterocycles. The van der Waals surface area contributed by atoms with E-state index in [4.69, 9.17) is 11.6 Å². The molecule has 17 heavy (non-hydrogen) atoms. The second-order valence-corrected chi connectivity index (χ2v) is 4.42. The highest BCUT2D eigenvalue weighted by atomic mass is 35.5. The van der Waals surface area contributed by atoms with Crippen LogP contribution in [0.3, 0.4) is 0 Å². The van der Waals surface area contributed by atoms with Crippen LogP contribution in [0, 0.1) is 13.8 Å². The lowest BCUT2D eigenvalue weighted by atomic mass is 10.1. The van der Waals surface area contributed by atoms with Crippen LogP contribution < -0.4 is 0 Å². The fourth-order valence-electron chi connectivity index (χ4n) is 1.70. The fourth-order valence-corrected chi connectivity index (χ4v) is 1.91. The first kappa shape index (κ1) is 12.0. The van der Waals surface area contributed by atoms with Crippen molar-refractivity contribution < 1.29 is 0 Å². The summed E-state index contributed by atoms with van der Waals surface area (Å²) < 4.78 is 0. The standard InChI is InChI=1S/C13H14ClN3/c1-4-10-6-11(14)17-13(16-10)12-9(3)5-8(2)7-15-12/h5-7H,4H2,1-3H3. The third kappa shape index (κ3) is 2.61. The molecule has 88 valence electrons. The van der Waals surface area contributed by atoms with Crippen molar-refractivity contribution in [2.45, 2.75) is 27.2 Å². The molecule has 0 aromatic carbocycles. The number of halogens is 1. The van der Waals surface area contributed by atoms with Crippen molar-refractivity contribution >= 4 is 11.6 Å². The van der Waals surface area contributed by atoms with Crippen LogP contribution in [-0.4, -0.2) is 15.0 Å². The van der Waals surface area contributed by atoms with E-state index in [1.807, 2.05) is 27.0 Å². The van der Waals surface area contributed by atoms with Crippen LogP contribution in [0.15, 0.2) is 18.3 Å². The number of hydrogen-bond donors (Lipinski definition) is 0. The van der Waals surface area contributed by atoms with Crippen LogP contribution in [0.5, 0.6) is 0 Å². The average molecular weight is 248 g/mol. The molecule has 0 amide bonds. The van der Waals surface area contributed by atoms with Crippen molar-refractivity contribution in [2.75, 3.05) is 0 Å². The molecule has 0 atom stereocenters. The van der Waals surface area contributed by atoms with Gasteiger partial charge in [0.05, 0.1) is 0 Å². The maximum atomic E-state index is 5.98. The molecule has 0 bridgehead atoms. The van der Waals surface area contributed by atoms with Gasteiger partial charge in [0.2, 0.25) is 0 Å². The van der Waals surface area contributed by atoms with E-state index in [2.05, 4.69) is 21.0 Å². The maximum Gasteiger partial charge on any atom is 0.180 e. The molecule has 2 aromatic heterocycles. The van der Waals surface area contributed by atoms with E-state index in [-0.39, 0.29) is 0 Å². The summed E-state index contributed by atoms with van der Waals surface area (Å²) in [6.45, 7) is 6.06. The van der Waals surface area contributed by atoms with E-state index >= 15 is 0 Å². The van der Waals surface area contributed by atoms with Gasteiger partial charge in [-0.2, -0.15) is 0 Å². The quantitative estimate of drug-likeness (QED) is 0.764. The molecule has 0 saturated carbocycles. The molecule has 2 rings (SSSR count). The highest BCUT2D eigenvalue weighted by Crippen LogP contribution is 2.20. The predicted octanol–water partition coefficient (Wildman–Crippen LogP) is 3.37. The maximum absolute atomic E-state index is 5.98. The van der Waals surface area contributed by atoms with Crippen LogP contribution in [0.2, 0.25) is 5.15 Å². The molecule has 2 aromatic rings. The van der Waals surface area contributed by atoms with Crippen LogP contribution in [0.1, 0.15) is 23.7 Å². The monoisotopic (exact) mass is 247 g/mol. The Morgan fingerprint density at radius 1 is 1.18 bits per heavy atom. The van der Waals surface area contributed by atoms with Gasteiger partial charge in [0, 0.05) is 11.9 Å². The van der Waals surface area contributed by atoms with Gasteiger partial charge in [-0.15, -0.1) is 0 Å². The third-order valence-corrected chi connectivity index (χ3v) is 2.73. The topological polar surface area (TPSA) is 38.7 Å². The molecule has 0 unspecified atom stereocenters. The van der Waals surface area contributed by atoms with Crippen LogP contribution >= 0.6 is 11.6 Å². The summed E-state index contributed by atoms with van der Waals surface area (Å²) in [6.07, 6.45) is 2.65. The molecular weight excluding hydrogens is 234 g/mol. The van der Waals surface area contributed by atoms with Crippen molar-refractivity contribution in [1.29, 1.82) is 0 Å². The van der Waals surface area contributed by atoms with E-state index in [0.29, 0.717) is 11.0 Å². The smallest absolute Gasteiger partial charge is 0.180 e. The van der Waals surface area contributed by atoms with Crippen molar-refractivity contribution in [2.24, 2.45) is 0 Å². The normalized spacial score (nSPS) is 10.6. The van der Waals surface area contributed by atoms with Gasteiger partial charge in [0.1, 0.15) is 10.8 Å². The molecule has 0 aliphatic rings. The molecule has 4 heteroatoms. The zero-order valence-corrected chi connectivity index (χ0v) is 10.9. The van der Waals surface area contributed by atoms with Gasteiger partial charge in [-0.25, -0.2) is 9.97 Å². The van der Waals surface area contributed by atoms with Crippen molar-refractivity contribution in [3.63, 3.8) is 0 Å². The summed E-state index contributed by atoms with van der Waals surface area (Å²) >= 11 is 5.98. The molecule has 0 fully saturated rings. The van der Waals surface area contributed by atoms with Gasteiger partial charge in [0.25, 0.3) is 0 Å². The summed E-state index contributed by atoms with van der Waals surface area (Å²) in [5, 5.41) is 0.466. The molecule has 0 radical (unpaired) electrons. The van der Waals surface area contributed by atoms with Crippen LogP contribution in [0.25, 0.3) is 11.5 Å². The number of pyridine rings is 1. The molecule has 0 spiro atoms. The number of nitrogens with zero attached hydrogens (tertiary/aromatic N) is 3. The Morgan fingerprint density at radius 2 is 1.94 bits per heavy atom. The lowest BCUT2D eigenvalue weighted by Crippen LogP contribution is -1.98. The Morgan fingerprint density at radius 3 is 2.59 bits per heavy atom. The summed E-state index contributed by atoms with van der Waals surface area (Å²) in [6, 6.07) is 3.85. The molecule has 3 nitrogen and oxygen atoms in total. The van der Waals surface area contributed by atoms with Gasteiger partial charge in [-0.1, -0.05) is 24.6 Å². The summed E-state index contributed by atoms with van der Waals surface area (Å²) in [5.74, 6) is 0.604. The van der Waals surface area contributed by atoms with Gasteiger partial charge in [-0.05, 0) is 37.5 Å². The molecular formula is C13H14ClN3. The van der Waals surface area contributed by atoms with Crippen molar-refractivity contribution in [3.8, 4) is 11.5 Å². The van der Waals surface area contributed by atoms with Gasteiger partial charge >= 0.3 is 0 Å². The minimum absolute atomic E-state index is 0.466. The van der Waals surface area contributed by atoms with E-state index in [9.17, 15) is 0 Å². The second-order valence-electron chi connectivity index (χ2n) is 4.04. The van der Waals surface area contributed by atoms with E-state index < -0.39 is 0 Å². The van der Waals surface area contributed by atoms with Crippen LogP contribution in [0.4, 0.5) is 0 Å². The van der Waals surface area contributed by atoms with Gasteiger partial charge in [-0.3, -0.25) is 4.98 Å². The van der Waals surface area contributed by atoms with E-state index in [1.54, 1.807) is 6.07 Å². The zero-order valence-electron chi connectivity index (χ0n) is 10.2. The van der Waals surface area contributed by atoms with Gasteiger partial charge < -0.3 is 0 Å². The highest BCUT2D eigenvalue weighted by Gasteiger charge is 2.09. The lowest BCUT2D eigenvalue weighted by molar-refractivity contribution is 0.994. The predicted molar refractivity (Wildman–Crippen MR) is 69.1 cm³/mol. The average Bonchev–Trinajstić information content (AvgIpc) is 2.28. The SMILES string of the molecule is CCc1cc(Cl)nc(-c2ncc(C)cc2C)n1. The van der Waals surface area contributed by atoms with Crippen molar-refractivity contribution in [1.82, 2.24) is 15.0 Å². The number of rotatable bonds is 2. The van der Waals surface area contributed by atoms with Gasteiger partial charge in [0.15, 0.2) is 5.82 Å². The highest BCUT2D eigenvalue weighted by molar-refractivity contribution is 6.29. The minimum atomic E-state index is 0.466. The van der Waals surface area contributed by atoms with E-state index in [0.717, 1.165) is 28.9 Å². The molecule has 0 saturated heterocycles. The molecule has 0 aliphatic heterocycles. The molecule has 0 N–H and O–H groups in total. The lowest BCUT2D eigenvalue weighted by Gasteiger charge is -2.06. The zero-order chi connectivity index (χ0) is 12.4. The molecule has 0 aliphatic carbocycles. The first-order chi connectivity index (χ1) is 8.10. The Balaban J connectivity index is 2.55. The Kier molecular flexibility index (Phi) is 3.38.